The van der Waals surface area contributed by atoms with Gasteiger partial charge in [0.15, 0.2) is 12.4 Å². The molecule has 8 heteroatoms. The predicted octanol–water partition coefficient (Wildman–Crippen LogP) is 1.34. The van der Waals surface area contributed by atoms with Crippen LogP contribution in [0.1, 0.15) is 11.1 Å². The normalized spacial score (nSPS) is 29.7. The highest BCUT2D eigenvalue weighted by Crippen LogP contribution is 2.32. The molecule has 0 unspecified atom stereocenters. The predicted molar refractivity (Wildman–Crippen MR) is 101 cm³/mol. The fourth-order valence-corrected chi connectivity index (χ4v) is 4.56. The van der Waals surface area contributed by atoms with Crippen molar-refractivity contribution in [1.29, 1.82) is 0 Å². The van der Waals surface area contributed by atoms with Gasteiger partial charge in [-0.2, -0.15) is 8.42 Å². The summed E-state index contributed by atoms with van der Waals surface area (Å²) in [5, 5.41) is 14.1. The Labute approximate surface area is 164 Å². The molecule has 0 aromatic heterocycles. The van der Waals surface area contributed by atoms with Crippen LogP contribution in [0.4, 0.5) is 0 Å². The SMILES string of the molecule is Cc1ccc(S(=O)(=O)O[C@H]2[C@H]3OC[C@H](O3)[C@@H](NCc3ccccc3)[C@@H]2O)cc1. The van der Waals surface area contributed by atoms with Crippen LogP contribution in [-0.4, -0.2) is 50.8 Å². The summed E-state index contributed by atoms with van der Waals surface area (Å²) >= 11 is 0. The van der Waals surface area contributed by atoms with E-state index in [0.717, 1.165) is 11.1 Å². The first-order chi connectivity index (χ1) is 13.4. The largest absolute Gasteiger partial charge is 0.388 e. The van der Waals surface area contributed by atoms with Crippen LogP contribution >= 0.6 is 0 Å². The quantitative estimate of drug-likeness (QED) is 0.701. The molecule has 2 N–H and O–H groups in total. The number of rotatable bonds is 6. The lowest BCUT2D eigenvalue weighted by atomic mass is 9.98. The summed E-state index contributed by atoms with van der Waals surface area (Å²) < 4.78 is 41.9. The lowest BCUT2D eigenvalue weighted by Gasteiger charge is -2.38. The van der Waals surface area contributed by atoms with Gasteiger partial charge in [-0.15, -0.1) is 0 Å². The molecule has 2 bridgehead atoms. The fraction of sp³-hybridized carbons (Fsp3) is 0.400. The van der Waals surface area contributed by atoms with Crippen LogP contribution in [0.2, 0.25) is 0 Å². The maximum atomic E-state index is 12.7. The van der Waals surface area contributed by atoms with E-state index in [1.54, 1.807) is 12.1 Å². The van der Waals surface area contributed by atoms with E-state index in [0.29, 0.717) is 6.54 Å². The number of aliphatic hydroxyl groups is 1. The zero-order valence-electron chi connectivity index (χ0n) is 15.4. The maximum Gasteiger partial charge on any atom is 0.297 e. The van der Waals surface area contributed by atoms with Crippen molar-refractivity contribution in [3.8, 4) is 0 Å². The number of benzene rings is 2. The molecule has 0 aliphatic carbocycles. The van der Waals surface area contributed by atoms with Crippen molar-refractivity contribution >= 4 is 10.1 Å². The van der Waals surface area contributed by atoms with E-state index in [-0.39, 0.29) is 17.6 Å². The monoisotopic (exact) mass is 405 g/mol. The molecular weight excluding hydrogens is 382 g/mol. The molecule has 7 nitrogen and oxygen atoms in total. The molecule has 150 valence electrons. The van der Waals surface area contributed by atoms with Crippen LogP contribution in [0.15, 0.2) is 59.5 Å². The summed E-state index contributed by atoms with van der Waals surface area (Å²) in [6.07, 6.45) is -3.55. The van der Waals surface area contributed by atoms with Crippen molar-refractivity contribution in [2.75, 3.05) is 6.61 Å². The highest BCUT2D eigenvalue weighted by atomic mass is 32.2. The van der Waals surface area contributed by atoms with E-state index in [1.165, 1.54) is 12.1 Å². The average molecular weight is 405 g/mol. The minimum atomic E-state index is -4.07. The molecular formula is C20H23NO6S. The van der Waals surface area contributed by atoms with Gasteiger partial charge in [0, 0.05) is 6.54 Å². The maximum absolute atomic E-state index is 12.7. The van der Waals surface area contributed by atoms with E-state index in [1.807, 2.05) is 37.3 Å². The Morgan fingerprint density at radius 2 is 1.86 bits per heavy atom. The number of aliphatic hydroxyl groups excluding tert-OH is 1. The highest BCUT2D eigenvalue weighted by Gasteiger charge is 2.52. The lowest BCUT2D eigenvalue weighted by Crippen LogP contribution is -2.60. The third kappa shape index (κ3) is 3.98. The first-order valence-corrected chi connectivity index (χ1v) is 10.6. The van der Waals surface area contributed by atoms with Gasteiger partial charge in [-0.3, -0.25) is 4.18 Å². The second kappa shape index (κ2) is 7.90. The van der Waals surface area contributed by atoms with Crippen LogP contribution in [-0.2, 0) is 30.3 Å². The van der Waals surface area contributed by atoms with E-state index in [4.69, 9.17) is 13.7 Å². The minimum absolute atomic E-state index is 0.0271. The second-order valence-electron chi connectivity index (χ2n) is 7.09. The van der Waals surface area contributed by atoms with Gasteiger partial charge < -0.3 is 19.9 Å². The van der Waals surface area contributed by atoms with Crippen molar-refractivity contribution in [1.82, 2.24) is 5.32 Å². The number of nitrogens with one attached hydrogen (secondary N) is 1. The van der Waals surface area contributed by atoms with Gasteiger partial charge in [0.2, 0.25) is 0 Å². The van der Waals surface area contributed by atoms with Gasteiger partial charge in [-0.25, -0.2) is 0 Å². The van der Waals surface area contributed by atoms with Gasteiger partial charge in [0.25, 0.3) is 10.1 Å². The van der Waals surface area contributed by atoms with E-state index >= 15 is 0 Å². The Morgan fingerprint density at radius 3 is 2.57 bits per heavy atom. The second-order valence-corrected chi connectivity index (χ2v) is 8.66. The van der Waals surface area contributed by atoms with Crippen molar-refractivity contribution in [2.24, 2.45) is 0 Å². The third-order valence-corrected chi connectivity index (χ3v) is 6.36. The molecule has 2 aliphatic heterocycles. The molecule has 0 amide bonds. The Bertz CT molecular complexity index is 902. The summed E-state index contributed by atoms with van der Waals surface area (Å²) in [5.74, 6) is 0. The zero-order chi connectivity index (χ0) is 19.7. The van der Waals surface area contributed by atoms with Crippen LogP contribution in [0, 0.1) is 6.92 Å². The lowest BCUT2D eigenvalue weighted by molar-refractivity contribution is -0.192. The smallest absolute Gasteiger partial charge is 0.297 e. The standard InChI is InChI=1S/C20H23NO6S/c1-13-7-9-15(10-8-13)28(23,24)27-19-18(22)17(16-12-25-20(19)26-16)21-11-14-5-3-2-4-6-14/h2-10,16-22H,11-12H2,1H3/t16-,17+,18-,19+,20-/m0/s1. The molecule has 5 atom stereocenters. The fourth-order valence-electron chi connectivity index (χ4n) is 3.48. The number of aryl methyl sites for hydroxylation is 1. The first-order valence-electron chi connectivity index (χ1n) is 9.16. The molecule has 2 saturated heterocycles. The van der Waals surface area contributed by atoms with E-state index in [2.05, 4.69) is 5.32 Å². The number of hydrogen-bond donors (Lipinski definition) is 2. The first kappa shape index (κ1) is 19.5. The molecule has 2 fully saturated rings. The molecule has 2 aromatic carbocycles. The molecule has 2 aliphatic rings. The van der Waals surface area contributed by atoms with Gasteiger partial charge >= 0.3 is 0 Å². The van der Waals surface area contributed by atoms with Gasteiger partial charge in [0.05, 0.1) is 17.5 Å². The summed E-state index contributed by atoms with van der Waals surface area (Å²) in [7, 11) is -4.07. The Balaban J connectivity index is 1.49. The van der Waals surface area contributed by atoms with Crippen LogP contribution in [0.25, 0.3) is 0 Å². The van der Waals surface area contributed by atoms with Crippen LogP contribution in [0.5, 0.6) is 0 Å². The molecule has 4 rings (SSSR count). The van der Waals surface area contributed by atoms with Gasteiger partial charge in [-0.1, -0.05) is 48.0 Å². The number of fused-ring (bicyclic) bond motifs is 2. The molecule has 28 heavy (non-hydrogen) atoms. The van der Waals surface area contributed by atoms with Crippen LogP contribution < -0.4 is 5.32 Å². The van der Waals surface area contributed by atoms with Crippen LogP contribution in [0.3, 0.4) is 0 Å². The Kier molecular flexibility index (Phi) is 5.50. The molecule has 2 aromatic rings. The number of ether oxygens (including phenoxy) is 2. The summed E-state index contributed by atoms with van der Waals surface area (Å²) in [6.45, 7) is 2.63. The number of hydrogen-bond acceptors (Lipinski definition) is 7. The molecule has 0 spiro atoms. The highest BCUT2D eigenvalue weighted by molar-refractivity contribution is 7.86. The molecule has 0 saturated carbocycles. The Hall–Kier alpha value is -1.81. The summed E-state index contributed by atoms with van der Waals surface area (Å²) in [4.78, 5) is 0.0271. The average Bonchev–Trinajstić information content (AvgIpc) is 3.12. The van der Waals surface area contributed by atoms with E-state index in [9.17, 15) is 13.5 Å². The van der Waals surface area contributed by atoms with Crippen molar-refractivity contribution in [2.45, 2.75) is 49.0 Å². The third-order valence-electron chi connectivity index (χ3n) is 5.04. The van der Waals surface area contributed by atoms with Gasteiger partial charge in [-0.05, 0) is 24.6 Å². The topological polar surface area (TPSA) is 94.1 Å². The van der Waals surface area contributed by atoms with Crippen molar-refractivity contribution in [3.05, 3.63) is 65.7 Å². The Morgan fingerprint density at radius 1 is 1.14 bits per heavy atom. The van der Waals surface area contributed by atoms with Gasteiger partial charge in [0.1, 0.15) is 12.2 Å². The van der Waals surface area contributed by atoms with Crippen molar-refractivity contribution in [3.63, 3.8) is 0 Å². The minimum Gasteiger partial charge on any atom is -0.388 e. The summed E-state index contributed by atoms with van der Waals surface area (Å²) in [5.41, 5.74) is 1.98. The molecule has 0 radical (unpaired) electrons. The summed E-state index contributed by atoms with van der Waals surface area (Å²) in [6, 6.07) is 15.5. The van der Waals surface area contributed by atoms with E-state index < -0.39 is 34.7 Å². The zero-order valence-corrected chi connectivity index (χ0v) is 16.2. The van der Waals surface area contributed by atoms with Crippen molar-refractivity contribution < 1.29 is 27.2 Å². The molecule has 2 heterocycles.